The normalized spacial score (nSPS) is 14.0. The molecule has 0 rings (SSSR count). The Morgan fingerprint density at radius 2 is 1.56 bits per heavy atom. The molecule has 0 aliphatic rings. The van der Waals surface area contributed by atoms with Crippen LogP contribution in [0.3, 0.4) is 0 Å². The molecule has 0 aliphatic heterocycles. The molecule has 0 N–H and O–H groups in total. The Morgan fingerprint density at radius 1 is 1.00 bits per heavy atom. The molecular weight excluding hydrogens is 248 g/mol. The predicted octanol–water partition coefficient (Wildman–Crippen LogP) is 2.84. The Bertz CT molecular complexity index is 273. The van der Waals surface area contributed by atoms with E-state index in [1.807, 2.05) is 6.92 Å². The first-order valence-corrected chi connectivity index (χ1v) is 9.52. The van der Waals surface area contributed by atoms with Crippen molar-refractivity contribution in [3.8, 4) is 0 Å². The molecule has 6 heteroatoms. The van der Waals surface area contributed by atoms with Crippen LogP contribution in [0.4, 0.5) is 0 Å². The molecule has 0 fully saturated rings. The molecule has 0 aliphatic carbocycles. The number of hydrogen-bond acceptors (Lipinski definition) is 4. The van der Waals surface area contributed by atoms with Crippen LogP contribution in [-0.2, 0) is 17.9 Å². The number of hydrogen-bond donors (Lipinski definition) is 0. The van der Waals surface area contributed by atoms with E-state index in [1.54, 1.807) is 12.5 Å². The first kappa shape index (κ1) is 16.2. The molecule has 0 saturated carbocycles. The minimum atomic E-state index is -3.43. The lowest BCUT2D eigenvalue weighted by Gasteiger charge is -2.33. The van der Waals surface area contributed by atoms with Crippen molar-refractivity contribution in [2.75, 3.05) is 24.9 Å². The summed E-state index contributed by atoms with van der Waals surface area (Å²) in [4.78, 5) is 0. The summed E-state index contributed by atoms with van der Waals surface area (Å²) in [7, 11) is -5.36. The van der Waals surface area contributed by atoms with Gasteiger partial charge in [0.2, 0.25) is 0 Å². The highest BCUT2D eigenvalue weighted by molar-refractivity contribution is 8.28. The zero-order valence-electron chi connectivity index (χ0n) is 10.7. The standard InChI is InChI=1S/C10H24O4S2/c1-5-7-9-13-15(3,4)14-16(11,12)10-8-6-2/h5-10H2,1-4H3. The van der Waals surface area contributed by atoms with E-state index in [2.05, 4.69) is 6.92 Å². The van der Waals surface area contributed by atoms with E-state index in [0.29, 0.717) is 13.0 Å². The van der Waals surface area contributed by atoms with Gasteiger partial charge in [0.25, 0.3) is 10.1 Å². The molecule has 0 saturated heterocycles. The topological polar surface area (TPSA) is 52.6 Å². The highest BCUT2D eigenvalue weighted by Crippen LogP contribution is 2.44. The molecule has 0 spiro atoms. The molecule has 0 unspecified atom stereocenters. The maximum absolute atomic E-state index is 11.6. The Labute approximate surface area is 102 Å². The Kier molecular flexibility index (Phi) is 7.63. The van der Waals surface area contributed by atoms with Crippen molar-refractivity contribution in [3.05, 3.63) is 0 Å². The van der Waals surface area contributed by atoms with E-state index >= 15 is 0 Å². The van der Waals surface area contributed by atoms with Gasteiger partial charge in [0.1, 0.15) is 0 Å². The molecule has 0 amide bonds. The average Bonchev–Trinajstić information content (AvgIpc) is 2.13. The van der Waals surface area contributed by atoms with E-state index in [1.165, 1.54) is 0 Å². The first-order valence-electron chi connectivity index (χ1n) is 5.64. The molecule has 0 atom stereocenters. The van der Waals surface area contributed by atoms with E-state index < -0.39 is 20.7 Å². The van der Waals surface area contributed by atoms with Gasteiger partial charge >= 0.3 is 0 Å². The molecule has 16 heavy (non-hydrogen) atoms. The fourth-order valence-corrected chi connectivity index (χ4v) is 4.62. The van der Waals surface area contributed by atoms with Crippen molar-refractivity contribution in [2.24, 2.45) is 0 Å². The molecule has 100 valence electrons. The zero-order chi connectivity index (χ0) is 12.7. The van der Waals surface area contributed by atoms with E-state index in [-0.39, 0.29) is 5.75 Å². The van der Waals surface area contributed by atoms with Crippen molar-refractivity contribution in [1.82, 2.24) is 0 Å². The van der Waals surface area contributed by atoms with E-state index in [0.717, 1.165) is 19.3 Å². The van der Waals surface area contributed by atoms with Gasteiger partial charge < -0.3 is 0 Å². The lowest BCUT2D eigenvalue weighted by molar-refractivity contribution is 0.318. The van der Waals surface area contributed by atoms with Gasteiger partial charge in [-0.25, -0.2) is 0 Å². The third-order valence-electron chi connectivity index (χ3n) is 1.88. The highest BCUT2D eigenvalue weighted by atomic mass is 32.3. The van der Waals surface area contributed by atoms with Crippen LogP contribution in [0.25, 0.3) is 0 Å². The summed E-state index contributed by atoms with van der Waals surface area (Å²) in [6, 6.07) is 0. The fraction of sp³-hybridized carbons (Fsp3) is 1.00. The third-order valence-corrected chi connectivity index (χ3v) is 5.54. The second-order valence-corrected chi connectivity index (χ2v) is 8.59. The fourth-order valence-electron chi connectivity index (χ4n) is 1.03. The third kappa shape index (κ3) is 8.38. The van der Waals surface area contributed by atoms with Gasteiger partial charge in [0.15, 0.2) is 0 Å². The Morgan fingerprint density at radius 3 is 2.06 bits per heavy atom. The molecule has 0 bridgehead atoms. The number of rotatable bonds is 9. The second-order valence-electron chi connectivity index (χ2n) is 4.00. The van der Waals surface area contributed by atoms with Gasteiger partial charge in [-0.15, -0.1) is 0 Å². The largest absolute Gasteiger partial charge is 0.285 e. The Balaban J connectivity index is 4.12. The highest BCUT2D eigenvalue weighted by Gasteiger charge is 2.19. The second kappa shape index (κ2) is 7.53. The maximum atomic E-state index is 11.6. The van der Waals surface area contributed by atoms with Crippen molar-refractivity contribution in [2.45, 2.75) is 39.5 Å². The maximum Gasteiger partial charge on any atom is 0.285 e. The van der Waals surface area contributed by atoms with Gasteiger partial charge in [-0.05, 0) is 12.8 Å². The van der Waals surface area contributed by atoms with Gasteiger partial charge in [-0.3, -0.25) is 4.18 Å². The smallest absolute Gasteiger partial charge is 0.284 e. The van der Waals surface area contributed by atoms with Crippen LogP contribution in [0, 0.1) is 0 Å². The lowest BCUT2D eigenvalue weighted by atomic mass is 10.4. The van der Waals surface area contributed by atoms with Crippen molar-refractivity contribution in [3.63, 3.8) is 0 Å². The van der Waals surface area contributed by atoms with Crippen molar-refractivity contribution in [1.29, 1.82) is 0 Å². The quantitative estimate of drug-likeness (QED) is 0.606. The van der Waals surface area contributed by atoms with Crippen LogP contribution in [0.2, 0.25) is 0 Å². The predicted molar refractivity (Wildman–Crippen MR) is 70.1 cm³/mol. The molecule has 0 radical (unpaired) electrons. The van der Waals surface area contributed by atoms with Crippen LogP contribution in [0.15, 0.2) is 0 Å². The molecule has 0 aromatic rings. The van der Waals surface area contributed by atoms with Gasteiger partial charge in [-0.2, -0.15) is 22.6 Å². The summed E-state index contributed by atoms with van der Waals surface area (Å²) in [6.45, 7) is 4.57. The van der Waals surface area contributed by atoms with Crippen LogP contribution < -0.4 is 0 Å². The average molecular weight is 272 g/mol. The minimum Gasteiger partial charge on any atom is -0.284 e. The summed E-state index contributed by atoms with van der Waals surface area (Å²) in [5.74, 6) is 0.0804. The van der Waals surface area contributed by atoms with Crippen molar-refractivity contribution >= 4 is 20.7 Å². The molecule has 0 heterocycles. The monoisotopic (exact) mass is 272 g/mol. The molecule has 0 aromatic heterocycles. The van der Waals surface area contributed by atoms with E-state index in [4.69, 9.17) is 7.81 Å². The van der Waals surface area contributed by atoms with E-state index in [9.17, 15) is 8.42 Å². The van der Waals surface area contributed by atoms with Crippen LogP contribution in [0.5, 0.6) is 0 Å². The van der Waals surface area contributed by atoms with Gasteiger partial charge in [-0.1, -0.05) is 26.7 Å². The van der Waals surface area contributed by atoms with Gasteiger partial charge in [0, 0.05) is 12.5 Å². The van der Waals surface area contributed by atoms with Crippen LogP contribution >= 0.6 is 10.6 Å². The van der Waals surface area contributed by atoms with Crippen LogP contribution in [-0.4, -0.2) is 33.3 Å². The lowest BCUT2D eigenvalue weighted by Crippen LogP contribution is -2.15. The molecule has 0 aromatic carbocycles. The SMILES string of the molecule is CCCCOS(C)(C)OS(=O)(=O)CCCC. The van der Waals surface area contributed by atoms with Gasteiger partial charge in [0.05, 0.1) is 12.4 Å². The summed E-state index contributed by atoms with van der Waals surface area (Å²) in [5.41, 5.74) is 0. The summed E-state index contributed by atoms with van der Waals surface area (Å²) >= 11 is 0. The summed E-state index contributed by atoms with van der Waals surface area (Å²) < 4.78 is 33.7. The number of unbranched alkanes of at least 4 members (excludes halogenated alkanes) is 2. The Hall–Kier alpha value is 0.220. The molecule has 4 nitrogen and oxygen atoms in total. The zero-order valence-corrected chi connectivity index (χ0v) is 12.3. The van der Waals surface area contributed by atoms with Crippen molar-refractivity contribution < 1.29 is 16.2 Å². The first-order chi connectivity index (χ1) is 7.33. The minimum absolute atomic E-state index is 0.0804. The van der Waals surface area contributed by atoms with Crippen LogP contribution in [0.1, 0.15) is 39.5 Å². The molecular formula is C10H24O4S2. The summed E-state index contributed by atoms with van der Waals surface area (Å²) in [6.07, 6.45) is 6.85. The summed E-state index contributed by atoms with van der Waals surface area (Å²) in [5, 5.41) is 0.